The molecule has 2 N–H and O–H groups in total. The van der Waals surface area contributed by atoms with Gasteiger partial charge in [0.15, 0.2) is 11.5 Å². The van der Waals surface area contributed by atoms with Crippen molar-refractivity contribution >= 4 is 17.6 Å². The van der Waals surface area contributed by atoms with E-state index in [2.05, 4.69) is 10.2 Å². The van der Waals surface area contributed by atoms with Gasteiger partial charge < -0.3 is 19.9 Å². The molecule has 1 aromatic rings. The van der Waals surface area contributed by atoms with Gasteiger partial charge in [-0.3, -0.25) is 9.69 Å². The highest BCUT2D eigenvalue weighted by atomic mass is 35.5. The van der Waals surface area contributed by atoms with E-state index in [1.807, 2.05) is 12.1 Å². The highest BCUT2D eigenvalue weighted by Crippen LogP contribution is 2.38. The van der Waals surface area contributed by atoms with E-state index in [1.165, 1.54) is 12.8 Å². The predicted molar refractivity (Wildman–Crippen MR) is 100 cm³/mol. The van der Waals surface area contributed by atoms with Gasteiger partial charge in [0.25, 0.3) is 0 Å². The number of hydrogen-bond acceptors (Lipinski definition) is 5. The van der Waals surface area contributed by atoms with Crippen LogP contribution in [0.1, 0.15) is 31.2 Å². The number of aliphatic carboxylic acids is 1. The first-order valence-electron chi connectivity index (χ1n) is 9.10. The summed E-state index contributed by atoms with van der Waals surface area (Å²) < 4.78 is 10.6. The molecule has 0 aliphatic heterocycles. The van der Waals surface area contributed by atoms with Gasteiger partial charge in [0.2, 0.25) is 0 Å². The smallest absolute Gasteiger partial charge is 0.317 e. The van der Waals surface area contributed by atoms with Crippen LogP contribution in [0.3, 0.4) is 0 Å². The second-order valence-electron chi connectivity index (χ2n) is 7.24. The third-order valence-corrected chi connectivity index (χ3v) is 5.72. The van der Waals surface area contributed by atoms with E-state index in [-0.39, 0.29) is 6.54 Å². The first kappa shape index (κ1) is 19.3. The molecule has 0 radical (unpaired) electrons. The van der Waals surface area contributed by atoms with Gasteiger partial charge in [-0.05, 0) is 43.2 Å². The largest absolute Gasteiger partial charge is 0.493 e. The lowest BCUT2D eigenvalue weighted by Gasteiger charge is -2.43. The quantitative estimate of drug-likeness (QED) is 0.648. The van der Waals surface area contributed by atoms with Crippen LogP contribution in [0.4, 0.5) is 0 Å². The van der Waals surface area contributed by atoms with Gasteiger partial charge in [-0.2, -0.15) is 0 Å². The summed E-state index contributed by atoms with van der Waals surface area (Å²) in [5.74, 6) is 1.14. The Labute approximate surface area is 159 Å². The number of carboxylic acids is 1. The monoisotopic (exact) mass is 382 g/mol. The average molecular weight is 383 g/mol. The van der Waals surface area contributed by atoms with Gasteiger partial charge in [0, 0.05) is 25.2 Å². The van der Waals surface area contributed by atoms with Crippen molar-refractivity contribution in [3.05, 3.63) is 22.7 Å². The Hall–Kier alpha value is -1.50. The number of carboxylic acid groups (broad SMARTS) is 1. The molecule has 0 spiro atoms. The fraction of sp³-hybridized carbons (Fsp3) is 0.632. The van der Waals surface area contributed by atoms with Crippen LogP contribution in [-0.4, -0.2) is 55.4 Å². The number of halogens is 1. The van der Waals surface area contributed by atoms with Crippen LogP contribution < -0.4 is 14.8 Å². The molecular weight excluding hydrogens is 356 g/mol. The van der Waals surface area contributed by atoms with E-state index in [4.69, 9.17) is 26.2 Å². The van der Waals surface area contributed by atoms with Crippen molar-refractivity contribution in [1.29, 1.82) is 0 Å². The Morgan fingerprint density at radius 1 is 1.31 bits per heavy atom. The molecule has 0 aromatic heterocycles. The molecule has 0 atom stereocenters. The molecule has 2 aliphatic carbocycles. The minimum atomic E-state index is -0.737. The zero-order valence-electron chi connectivity index (χ0n) is 15.3. The lowest BCUT2D eigenvalue weighted by atomic mass is 9.85. The zero-order valence-corrected chi connectivity index (χ0v) is 16.1. The summed E-state index contributed by atoms with van der Waals surface area (Å²) in [5.41, 5.74) is 0.966. The summed E-state index contributed by atoms with van der Waals surface area (Å²) in [6.45, 7) is 1.72. The van der Waals surface area contributed by atoms with Crippen LogP contribution in [0.2, 0.25) is 5.02 Å². The molecular formula is C19H27ClN2O4. The molecule has 26 heavy (non-hydrogen) atoms. The molecule has 2 aliphatic rings. The standard InChI is InChI=1S/C19H27ClN2O4/c1-25-16-6-5-13(18(20)19(16)26-2)9-21-14-7-15(8-14)22(11-17(23)24)10-12-3-4-12/h5-6,12,14-15,21H,3-4,7-11H2,1-2H3,(H,23,24). The first-order chi connectivity index (χ1) is 12.5. The molecule has 2 saturated carbocycles. The number of benzene rings is 1. The molecule has 2 fully saturated rings. The molecule has 0 saturated heterocycles. The Morgan fingerprint density at radius 2 is 2.04 bits per heavy atom. The van der Waals surface area contributed by atoms with E-state index in [9.17, 15) is 4.79 Å². The van der Waals surface area contributed by atoms with Gasteiger partial charge in [0.1, 0.15) is 0 Å². The molecule has 144 valence electrons. The summed E-state index contributed by atoms with van der Waals surface area (Å²) >= 11 is 6.42. The lowest BCUT2D eigenvalue weighted by Crippen LogP contribution is -2.54. The van der Waals surface area contributed by atoms with Crippen molar-refractivity contribution in [1.82, 2.24) is 10.2 Å². The number of hydrogen-bond donors (Lipinski definition) is 2. The molecule has 7 heteroatoms. The van der Waals surface area contributed by atoms with Gasteiger partial charge in [-0.15, -0.1) is 0 Å². The highest BCUT2D eigenvalue weighted by molar-refractivity contribution is 6.33. The fourth-order valence-electron chi connectivity index (χ4n) is 3.52. The Bertz CT molecular complexity index is 645. The third kappa shape index (κ3) is 4.61. The zero-order chi connectivity index (χ0) is 18.7. The van der Waals surface area contributed by atoms with Crippen LogP contribution in [0.25, 0.3) is 0 Å². The normalized spacial score (nSPS) is 22.2. The van der Waals surface area contributed by atoms with Crippen LogP contribution in [0, 0.1) is 5.92 Å². The second-order valence-corrected chi connectivity index (χ2v) is 7.62. The Kier molecular flexibility index (Phi) is 6.27. The van der Waals surface area contributed by atoms with Crippen molar-refractivity contribution in [3.8, 4) is 11.5 Å². The second kappa shape index (κ2) is 8.46. The van der Waals surface area contributed by atoms with Crippen molar-refractivity contribution in [2.75, 3.05) is 27.3 Å². The summed E-state index contributed by atoms with van der Waals surface area (Å²) in [5, 5.41) is 13.2. The Morgan fingerprint density at radius 3 is 2.62 bits per heavy atom. The summed E-state index contributed by atoms with van der Waals surface area (Å²) in [4.78, 5) is 13.2. The SMILES string of the molecule is COc1ccc(CNC2CC(N(CC(=O)O)CC3CC3)C2)c(Cl)c1OC. The Balaban J connectivity index is 1.50. The van der Waals surface area contributed by atoms with Gasteiger partial charge in [-0.1, -0.05) is 17.7 Å². The molecule has 1 aromatic carbocycles. The van der Waals surface area contributed by atoms with E-state index >= 15 is 0 Å². The number of nitrogens with one attached hydrogen (secondary N) is 1. The summed E-state index contributed by atoms with van der Waals surface area (Å²) in [6.07, 6.45) is 4.43. The average Bonchev–Trinajstić information content (AvgIpc) is 3.37. The van der Waals surface area contributed by atoms with Gasteiger partial charge in [0.05, 0.1) is 25.8 Å². The third-order valence-electron chi connectivity index (χ3n) is 5.30. The van der Waals surface area contributed by atoms with E-state index in [0.29, 0.717) is 41.1 Å². The van der Waals surface area contributed by atoms with Crippen molar-refractivity contribution in [3.63, 3.8) is 0 Å². The van der Waals surface area contributed by atoms with Gasteiger partial charge >= 0.3 is 5.97 Å². The van der Waals surface area contributed by atoms with Crippen molar-refractivity contribution < 1.29 is 19.4 Å². The summed E-state index contributed by atoms with van der Waals surface area (Å²) in [7, 11) is 3.17. The van der Waals surface area contributed by atoms with Crippen LogP contribution in [0.15, 0.2) is 12.1 Å². The van der Waals surface area contributed by atoms with E-state index < -0.39 is 5.97 Å². The van der Waals surface area contributed by atoms with Crippen LogP contribution >= 0.6 is 11.6 Å². The molecule has 0 heterocycles. The maximum absolute atomic E-state index is 11.1. The minimum absolute atomic E-state index is 0.148. The van der Waals surface area contributed by atoms with E-state index in [1.54, 1.807) is 14.2 Å². The molecule has 0 unspecified atom stereocenters. The van der Waals surface area contributed by atoms with Crippen LogP contribution in [0.5, 0.6) is 11.5 Å². The maximum atomic E-state index is 11.1. The molecule has 3 rings (SSSR count). The molecule has 0 bridgehead atoms. The number of rotatable bonds is 10. The van der Waals surface area contributed by atoms with E-state index in [0.717, 1.165) is 24.9 Å². The van der Waals surface area contributed by atoms with Gasteiger partial charge in [-0.25, -0.2) is 0 Å². The first-order valence-corrected chi connectivity index (χ1v) is 9.48. The van der Waals surface area contributed by atoms with Crippen molar-refractivity contribution in [2.45, 2.75) is 44.3 Å². The number of ether oxygens (including phenoxy) is 2. The predicted octanol–water partition coefficient (Wildman–Crippen LogP) is 2.77. The maximum Gasteiger partial charge on any atom is 0.317 e. The van der Waals surface area contributed by atoms with Crippen LogP contribution in [-0.2, 0) is 11.3 Å². The molecule has 6 nitrogen and oxygen atoms in total. The lowest BCUT2D eigenvalue weighted by molar-refractivity contribution is -0.139. The number of nitrogens with zero attached hydrogens (tertiary/aromatic N) is 1. The fourth-order valence-corrected chi connectivity index (χ4v) is 3.82. The molecule has 0 amide bonds. The highest BCUT2D eigenvalue weighted by Gasteiger charge is 2.36. The number of methoxy groups -OCH3 is 2. The topological polar surface area (TPSA) is 71.0 Å². The summed E-state index contributed by atoms with van der Waals surface area (Å²) in [6, 6.07) is 4.55. The minimum Gasteiger partial charge on any atom is -0.493 e. The number of carbonyl (C=O) groups is 1. The van der Waals surface area contributed by atoms with Crippen molar-refractivity contribution in [2.24, 2.45) is 5.92 Å².